The van der Waals surface area contributed by atoms with E-state index in [-0.39, 0.29) is 5.91 Å². The number of nitrogens with one attached hydrogen (secondary N) is 1. The molecule has 0 aromatic heterocycles. The number of ether oxygens (including phenoxy) is 1. The average molecular weight is 357 g/mol. The molecule has 0 fully saturated rings. The van der Waals surface area contributed by atoms with E-state index in [9.17, 15) is 4.79 Å². The number of para-hydroxylation sites is 1. The Morgan fingerprint density at radius 2 is 1.86 bits per heavy atom. The number of halogens is 1. The minimum atomic E-state index is -0.219. The number of aliphatic imine (C=N–C) groups is 1. The molecule has 5 heteroatoms. The molecule has 1 aliphatic rings. The molecule has 0 aliphatic carbocycles. The normalized spacial score (nSPS) is 15.6. The lowest BCUT2D eigenvalue weighted by molar-refractivity contribution is -0.115. The van der Waals surface area contributed by atoms with Crippen LogP contribution in [0.3, 0.4) is 0 Å². The molecule has 2 aromatic carbocycles. The standard InChI is InChI=1S/C17H13BrN2O2/c1-22-15-5-3-2-4-13(15)16-19-14(17(21)20-16)10-11-6-8-12(18)9-7-11/h2-10H,1H3,(H,19,20,21)/b14-10+. The highest BCUT2D eigenvalue weighted by Crippen LogP contribution is 2.22. The van der Waals surface area contributed by atoms with Crippen LogP contribution in [0.1, 0.15) is 11.1 Å². The Morgan fingerprint density at radius 3 is 2.59 bits per heavy atom. The molecular weight excluding hydrogens is 344 g/mol. The first-order valence-corrected chi connectivity index (χ1v) is 7.47. The summed E-state index contributed by atoms with van der Waals surface area (Å²) in [5.74, 6) is 0.959. The first-order chi connectivity index (χ1) is 10.7. The number of methoxy groups -OCH3 is 1. The van der Waals surface area contributed by atoms with Crippen molar-refractivity contribution in [3.63, 3.8) is 0 Å². The molecule has 0 spiro atoms. The van der Waals surface area contributed by atoms with Crippen LogP contribution in [-0.4, -0.2) is 18.9 Å². The number of rotatable bonds is 3. The predicted octanol–water partition coefficient (Wildman–Crippen LogP) is 3.38. The summed E-state index contributed by atoms with van der Waals surface area (Å²) in [6, 6.07) is 15.1. The molecule has 1 N–H and O–H groups in total. The SMILES string of the molecule is COc1ccccc1C1=N/C(=C/c2ccc(Br)cc2)C(=O)N1. The smallest absolute Gasteiger partial charge is 0.275 e. The molecule has 22 heavy (non-hydrogen) atoms. The van der Waals surface area contributed by atoms with Crippen LogP contribution in [0.2, 0.25) is 0 Å². The largest absolute Gasteiger partial charge is 0.496 e. The van der Waals surface area contributed by atoms with Crippen molar-refractivity contribution in [3.8, 4) is 5.75 Å². The molecule has 3 rings (SSSR count). The van der Waals surface area contributed by atoms with E-state index < -0.39 is 0 Å². The Balaban J connectivity index is 1.96. The van der Waals surface area contributed by atoms with Gasteiger partial charge in [-0.2, -0.15) is 0 Å². The maximum absolute atomic E-state index is 12.1. The number of hydrogen-bond donors (Lipinski definition) is 1. The van der Waals surface area contributed by atoms with Crippen molar-refractivity contribution >= 4 is 33.7 Å². The zero-order valence-corrected chi connectivity index (χ0v) is 13.4. The Kier molecular flexibility index (Phi) is 4.06. The summed E-state index contributed by atoms with van der Waals surface area (Å²) in [6.45, 7) is 0. The number of nitrogens with zero attached hydrogens (tertiary/aromatic N) is 1. The summed E-state index contributed by atoms with van der Waals surface area (Å²) in [5.41, 5.74) is 2.05. The fraction of sp³-hybridized carbons (Fsp3) is 0.0588. The third-order valence-corrected chi connectivity index (χ3v) is 3.76. The first kappa shape index (κ1) is 14.5. The fourth-order valence-electron chi connectivity index (χ4n) is 2.15. The van der Waals surface area contributed by atoms with Crippen molar-refractivity contribution in [2.45, 2.75) is 0 Å². The third kappa shape index (κ3) is 2.94. The second-order valence-electron chi connectivity index (χ2n) is 4.70. The summed E-state index contributed by atoms with van der Waals surface area (Å²) in [4.78, 5) is 16.5. The van der Waals surface area contributed by atoms with Crippen molar-refractivity contribution in [3.05, 3.63) is 69.8 Å². The van der Waals surface area contributed by atoms with Gasteiger partial charge in [-0.15, -0.1) is 0 Å². The minimum Gasteiger partial charge on any atom is -0.496 e. The van der Waals surface area contributed by atoms with Crippen molar-refractivity contribution in [1.82, 2.24) is 5.32 Å². The highest BCUT2D eigenvalue weighted by molar-refractivity contribution is 9.10. The van der Waals surface area contributed by atoms with E-state index >= 15 is 0 Å². The number of benzene rings is 2. The van der Waals surface area contributed by atoms with Gasteiger partial charge < -0.3 is 10.1 Å². The van der Waals surface area contributed by atoms with Crippen molar-refractivity contribution in [1.29, 1.82) is 0 Å². The molecule has 0 unspecified atom stereocenters. The quantitative estimate of drug-likeness (QED) is 0.857. The number of carbonyl (C=O) groups is 1. The number of hydrogen-bond acceptors (Lipinski definition) is 3. The Labute approximate surface area is 136 Å². The van der Waals surface area contributed by atoms with E-state index in [2.05, 4.69) is 26.2 Å². The number of amidine groups is 1. The molecule has 1 heterocycles. The van der Waals surface area contributed by atoms with Gasteiger partial charge in [0.15, 0.2) is 0 Å². The summed E-state index contributed by atoms with van der Waals surface area (Å²) >= 11 is 3.38. The van der Waals surface area contributed by atoms with Gasteiger partial charge in [-0.25, -0.2) is 4.99 Å². The predicted molar refractivity (Wildman–Crippen MR) is 89.8 cm³/mol. The maximum atomic E-state index is 12.1. The third-order valence-electron chi connectivity index (χ3n) is 3.23. The van der Waals surface area contributed by atoms with Gasteiger partial charge in [0.2, 0.25) is 0 Å². The summed E-state index contributed by atoms with van der Waals surface area (Å²) in [6.07, 6.45) is 1.75. The van der Waals surface area contributed by atoms with E-state index in [0.717, 1.165) is 15.6 Å². The van der Waals surface area contributed by atoms with Crippen LogP contribution in [0.5, 0.6) is 5.75 Å². The molecule has 0 saturated heterocycles. The van der Waals surface area contributed by atoms with Crippen molar-refractivity contribution in [2.75, 3.05) is 7.11 Å². The van der Waals surface area contributed by atoms with E-state index in [1.165, 1.54) is 0 Å². The zero-order chi connectivity index (χ0) is 15.5. The molecular formula is C17H13BrN2O2. The molecule has 0 saturated carbocycles. The van der Waals surface area contributed by atoms with Crippen LogP contribution in [0.4, 0.5) is 0 Å². The van der Waals surface area contributed by atoms with E-state index in [1.807, 2.05) is 48.5 Å². The Morgan fingerprint density at radius 1 is 1.14 bits per heavy atom. The molecule has 1 aliphatic heterocycles. The highest BCUT2D eigenvalue weighted by atomic mass is 79.9. The lowest BCUT2D eigenvalue weighted by Gasteiger charge is -2.06. The zero-order valence-electron chi connectivity index (χ0n) is 11.8. The van der Waals surface area contributed by atoms with Gasteiger partial charge in [0.05, 0.1) is 12.7 Å². The summed E-state index contributed by atoms with van der Waals surface area (Å²) in [5, 5.41) is 2.78. The molecule has 4 nitrogen and oxygen atoms in total. The van der Waals surface area contributed by atoms with Crippen LogP contribution in [0, 0.1) is 0 Å². The van der Waals surface area contributed by atoms with Gasteiger partial charge in [-0.1, -0.05) is 40.2 Å². The highest BCUT2D eigenvalue weighted by Gasteiger charge is 2.23. The van der Waals surface area contributed by atoms with Crippen LogP contribution in [0.15, 0.2) is 63.7 Å². The lowest BCUT2D eigenvalue weighted by atomic mass is 10.2. The Bertz CT molecular complexity index is 780. The van der Waals surface area contributed by atoms with Crippen LogP contribution in [0.25, 0.3) is 6.08 Å². The van der Waals surface area contributed by atoms with Gasteiger partial charge in [-0.3, -0.25) is 4.79 Å². The number of amides is 1. The second-order valence-corrected chi connectivity index (χ2v) is 5.61. The fourth-order valence-corrected chi connectivity index (χ4v) is 2.42. The summed E-state index contributed by atoms with van der Waals surface area (Å²) < 4.78 is 6.29. The average Bonchev–Trinajstić information content (AvgIpc) is 2.90. The van der Waals surface area contributed by atoms with Crippen molar-refractivity contribution < 1.29 is 9.53 Å². The van der Waals surface area contributed by atoms with Crippen LogP contribution < -0.4 is 10.1 Å². The van der Waals surface area contributed by atoms with E-state index in [4.69, 9.17) is 4.74 Å². The molecule has 110 valence electrons. The monoisotopic (exact) mass is 356 g/mol. The lowest BCUT2D eigenvalue weighted by Crippen LogP contribution is -2.25. The van der Waals surface area contributed by atoms with E-state index in [0.29, 0.717) is 17.3 Å². The van der Waals surface area contributed by atoms with Gasteiger partial charge >= 0.3 is 0 Å². The maximum Gasteiger partial charge on any atom is 0.275 e. The van der Waals surface area contributed by atoms with E-state index in [1.54, 1.807) is 13.2 Å². The second kappa shape index (κ2) is 6.15. The van der Waals surface area contributed by atoms with Crippen LogP contribution in [-0.2, 0) is 4.79 Å². The van der Waals surface area contributed by atoms with Crippen LogP contribution >= 0.6 is 15.9 Å². The topological polar surface area (TPSA) is 50.7 Å². The van der Waals surface area contributed by atoms with Gasteiger partial charge in [0.25, 0.3) is 5.91 Å². The molecule has 2 aromatic rings. The Hall–Kier alpha value is -2.40. The molecule has 0 atom stereocenters. The first-order valence-electron chi connectivity index (χ1n) is 6.68. The molecule has 0 radical (unpaired) electrons. The number of carbonyl (C=O) groups excluding carboxylic acids is 1. The van der Waals surface area contributed by atoms with Crippen molar-refractivity contribution in [2.24, 2.45) is 4.99 Å². The summed E-state index contributed by atoms with van der Waals surface area (Å²) in [7, 11) is 1.59. The minimum absolute atomic E-state index is 0.219. The van der Waals surface area contributed by atoms with Gasteiger partial charge in [-0.05, 0) is 35.9 Å². The molecule has 0 bridgehead atoms. The van der Waals surface area contributed by atoms with Gasteiger partial charge in [0, 0.05) is 4.47 Å². The molecule has 1 amide bonds. The van der Waals surface area contributed by atoms with Gasteiger partial charge in [0.1, 0.15) is 17.3 Å².